The van der Waals surface area contributed by atoms with Gasteiger partial charge in [0.15, 0.2) is 0 Å². The van der Waals surface area contributed by atoms with Gasteiger partial charge in [-0.3, -0.25) is 9.36 Å². The summed E-state index contributed by atoms with van der Waals surface area (Å²) in [6.45, 7) is 1.60. The number of aryl methyl sites for hydroxylation is 1. The van der Waals surface area contributed by atoms with Gasteiger partial charge in [-0.05, 0) is 45.3 Å². The summed E-state index contributed by atoms with van der Waals surface area (Å²) in [6, 6.07) is 5.50. The van der Waals surface area contributed by atoms with E-state index in [1.807, 2.05) is 26.2 Å². The fourth-order valence-electron chi connectivity index (χ4n) is 2.48. The van der Waals surface area contributed by atoms with Gasteiger partial charge < -0.3 is 9.88 Å². The van der Waals surface area contributed by atoms with Crippen LogP contribution >= 0.6 is 11.6 Å². The molecule has 0 unspecified atom stereocenters. The van der Waals surface area contributed by atoms with Crippen LogP contribution in [0.15, 0.2) is 29.3 Å². The molecule has 0 aliphatic heterocycles. The minimum atomic E-state index is -0.0360. The zero-order valence-electron chi connectivity index (χ0n) is 12.1. The van der Waals surface area contributed by atoms with E-state index in [-0.39, 0.29) is 5.56 Å². The maximum Gasteiger partial charge on any atom is 0.277 e. The topological polar surface area (TPSA) is 53.9 Å². The third kappa shape index (κ3) is 2.66. The third-order valence-corrected chi connectivity index (χ3v) is 3.77. The Morgan fingerprint density at radius 3 is 2.95 bits per heavy atom. The van der Waals surface area contributed by atoms with E-state index >= 15 is 0 Å². The summed E-state index contributed by atoms with van der Waals surface area (Å²) in [4.78, 5) is 22.2. The molecule has 0 spiro atoms. The Balaban J connectivity index is 2.04. The van der Waals surface area contributed by atoms with Gasteiger partial charge in [0.2, 0.25) is 0 Å². The van der Waals surface area contributed by atoms with Crippen molar-refractivity contribution in [3.8, 4) is 0 Å². The Hall–Kier alpha value is -1.85. The highest BCUT2D eigenvalue weighted by atomic mass is 35.5. The van der Waals surface area contributed by atoms with Crippen molar-refractivity contribution in [2.45, 2.75) is 13.0 Å². The Morgan fingerprint density at radius 2 is 2.19 bits per heavy atom. The van der Waals surface area contributed by atoms with E-state index in [1.165, 1.54) is 0 Å². The molecule has 1 aromatic carbocycles. The molecule has 0 aliphatic carbocycles. The first-order chi connectivity index (χ1) is 10.1. The SMILES string of the molecule is CN(C)CCCn1cnc2c([nH]c3ccc(Cl)cc32)c1=O. The molecule has 6 heteroatoms. The van der Waals surface area contributed by atoms with Crippen LogP contribution in [0.3, 0.4) is 0 Å². The molecule has 3 aromatic rings. The van der Waals surface area contributed by atoms with Crippen molar-refractivity contribution < 1.29 is 0 Å². The van der Waals surface area contributed by atoms with Crippen molar-refractivity contribution >= 4 is 33.5 Å². The molecule has 0 atom stereocenters. The van der Waals surface area contributed by atoms with Crippen LogP contribution in [0.5, 0.6) is 0 Å². The Morgan fingerprint density at radius 1 is 1.38 bits per heavy atom. The lowest BCUT2D eigenvalue weighted by atomic mass is 10.2. The van der Waals surface area contributed by atoms with E-state index < -0.39 is 0 Å². The number of nitrogens with one attached hydrogen (secondary N) is 1. The molecule has 2 heterocycles. The first-order valence-electron chi connectivity index (χ1n) is 6.87. The number of hydrogen-bond donors (Lipinski definition) is 1. The van der Waals surface area contributed by atoms with Crippen molar-refractivity contribution in [3.05, 3.63) is 39.9 Å². The molecular formula is C15H17ClN4O. The molecular weight excluding hydrogens is 288 g/mol. The van der Waals surface area contributed by atoms with Crippen LogP contribution in [0.2, 0.25) is 5.02 Å². The number of rotatable bonds is 4. The number of H-pyrrole nitrogens is 1. The highest BCUT2D eigenvalue weighted by Gasteiger charge is 2.11. The molecule has 0 radical (unpaired) electrons. The quantitative estimate of drug-likeness (QED) is 0.805. The first-order valence-corrected chi connectivity index (χ1v) is 7.25. The first kappa shape index (κ1) is 14.1. The zero-order chi connectivity index (χ0) is 15.0. The second-order valence-corrected chi connectivity index (χ2v) is 5.87. The molecule has 21 heavy (non-hydrogen) atoms. The van der Waals surface area contributed by atoms with Gasteiger partial charge in [-0.2, -0.15) is 0 Å². The predicted octanol–water partition coefficient (Wildman–Crippen LogP) is 2.48. The van der Waals surface area contributed by atoms with Crippen molar-refractivity contribution in [2.75, 3.05) is 20.6 Å². The van der Waals surface area contributed by atoms with E-state index in [9.17, 15) is 4.79 Å². The summed E-state index contributed by atoms with van der Waals surface area (Å²) < 4.78 is 1.66. The maximum absolute atomic E-state index is 12.5. The molecule has 1 N–H and O–H groups in total. The monoisotopic (exact) mass is 304 g/mol. The van der Waals surface area contributed by atoms with Crippen molar-refractivity contribution in [3.63, 3.8) is 0 Å². The number of nitrogens with zero attached hydrogens (tertiary/aromatic N) is 3. The largest absolute Gasteiger partial charge is 0.349 e. The number of benzene rings is 1. The molecule has 0 bridgehead atoms. The average molecular weight is 305 g/mol. The van der Waals surface area contributed by atoms with Crippen LogP contribution in [0.4, 0.5) is 0 Å². The van der Waals surface area contributed by atoms with Crippen LogP contribution in [-0.2, 0) is 6.54 Å². The molecule has 2 aromatic heterocycles. The normalized spacial score (nSPS) is 11.8. The number of hydrogen-bond acceptors (Lipinski definition) is 3. The lowest BCUT2D eigenvalue weighted by molar-refractivity contribution is 0.384. The molecule has 0 amide bonds. The van der Waals surface area contributed by atoms with E-state index in [0.29, 0.717) is 22.6 Å². The Labute approximate surface area is 127 Å². The molecule has 3 rings (SSSR count). The van der Waals surface area contributed by atoms with E-state index in [2.05, 4.69) is 14.9 Å². The van der Waals surface area contributed by atoms with Crippen molar-refractivity contribution in [1.82, 2.24) is 19.4 Å². The van der Waals surface area contributed by atoms with Crippen molar-refractivity contribution in [2.24, 2.45) is 0 Å². The molecule has 0 aliphatic rings. The molecule has 0 saturated carbocycles. The summed E-state index contributed by atoms with van der Waals surface area (Å²) >= 11 is 6.02. The number of fused-ring (bicyclic) bond motifs is 3. The third-order valence-electron chi connectivity index (χ3n) is 3.54. The average Bonchev–Trinajstić information content (AvgIpc) is 2.80. The van der Waals surface area contributed by atoms with Gasteiger partial charge in [0, 0.05) is 22.5 Å². The highest BCUT2D eigenvalue weighted by molar-refractivity contribution is 6.31. The molecule has 0 saturated heterocycles. The van der Waals surface area contributed by atoms with Crippen LogP contribution in [-0.4, -0.2) is 40.1 Å². The minimum Gasteiger partial charge on any atom is -0.349 e. The van der Waals surface area contributed by atoms with Crippen LogP contribution in [0, 0.1) is 0 Å². The second-order valence-electron chi connectivity index (χ2n) is 5.44. The zero-order valence-corrected chi connectivity index (χ0v) is 12.8. The van der Waals surface area contributed by atoms with E-state index in [1.54, 1.807) is 17.0 Å². The summed E-state index contributed by atoms with van der Waals surface area (Å²) in [7, 11) is 4.04. The van der Waals surface area contributed by atoms with Gasteiger partial charge in [-0.1, -0.05) is 11.6 Å². The van der Waals surface area contributed by atoms with Crippen LogP contribution in [0.25, 0.3) is 21.9 Å². The second kappa shape index (κ2) is 5.50. The fourth-order valence-corrected chi connectivity index (χ4v) is 2.65. The smallest absolute Gasteiger partial charge is 0.277 e. The predicted molar refractivity (Wildman–Crippen MR) is 86.0 cm³/mol. The molecule has 0 fully saturated rings. The van der Waals surface area contributed by atoms with Gasteiger partial charge in [-0.15, -0.1) is 0 Å². The summed E-state index contributed by atoms with van der Waals surface area (Å²) in [5.74, 6) is 0. The molecule has 5 nitrogen and oxygen atoms in total. The van der Waals surface area contributed by atoms with Gasteiger partial charge in [0.25, 0.3) is 5.56 Å². The summed E-state index contributed by atoms with van der Waals surface area (Å²) in [6.07, 6.45) is 2.53. The Bertz CT molecular complexity index is 850. The summed E-state index contributed by atoms with van der Waals surface area (Å²) in [5, 5.41) is 1.52. The van der Waals surface area contributed by atoms with Crippen LogP contribution < -0.4 is 5.56 Å². The van der Waals surface area contributed by atoms with Gasteiger partial charge in [-0.25, -0.2) is 4.98 Å². The van der Waals surface area contributed by atoms with E-state index in [4.69, 9.17) is 11.6 Å². The number of halogens is 1. The standard InChI is InChI=1S/C15H17ClN4O/c1-19(2)6-3-7-20-9-17-13-11-8-10(16)4-5-12(11)18-14(13)15(20)21/h4-5,8-9,18H,3,6-7H2,1-2H3. The maximum atomic E-state index is 12.5. The summed E-state index contributed by atoms with van der Waals surface area (Å²) in [5.41, 5.74) is 2.07. The van der Waals surface area contributed by atoms with Crippen molar-refractivity contribution in [1.29, 1.82) is 0 Å². The van der Waals surface area contributed by atoms with Gasteiger partial charge in [0.1, 0.15) is 11.0 Å². The van der Waals surface area contributed by atoms with Gasteiger partial charge >= 0.3 is 0 Å². The fraction of sp³-hybridized carbons (Fsp3) is 0.333. The molecule has 110 valence electrons. The van der Waals surface area contributed by atoms with Gasteiger partial charge in [0.05, 0.1) is 6.33 Å². The minimum absolute atomic E-state index is 0.0360. The highest BCUT2D eigenvalue weighted by Crippen LogP contribution is 2.24. The van der Waals surface area contributed by atoms with Crippen LogP contribution in [0.1, 0.15) is 6.42 Å². The van der Waals surface area contributed by atoms with E-state index in [0.717, 1.165) is 23.9 Å². The number of aromatic nitrogens is 3. The Kier molecular flexibility index (Phi) is 3.69. The number of aromatic amines is 1. The lowest BCUT2D eigenvalue weighted by Gasteiger charge is -2.10. The lowest BCUT2D eigenvalue weighted by Crippen LogP contribution is -2.23.